The number of likely N-dealkylation sites (tertiary alicyclic amines) is 1. The van der Waals surface area contributed by atoms with Crippen molar-refractivity contribution >= 4 is 28.6 Å². The van der Waals surface area contributed by atoms with E-state index in [1.165, 1.54) is 0 Å². The Morgan fingerprint density at radius 1 is 1.09 bits per heavy atom. The highest BCUT2D eigenvalue weighted by molar-refractivity contribution is 5.92. The van der Waals surface area contributed by atoms with E-state index in [1.54, 1.807) is 14.2 Å². The predicted octanol–water partition coefficient (Wildman–Crippen LogP) is 4.39. The number of nitrogens with zero attached hydrogens (tertiary/aromatic N) is 3. The van der Waals surface area contributed by atoms with E-state index >= 15 is 0 Å². The summed E-state index contributed by atoms with van der Waals surface area (Å²) in [7, 11) is 3.29. The van der Waals surface area contributed by atoms with Crippen molar-refractivity contribution in [3.8, 4) is 11.5 Å². The van der Waals surface area contributed by atoms with Crippen LogP contribution in [0.3, 0.4) is 0 Å². The molecule has 1 fully saturated rings. The third-order valence-corrected chi connectivity index (χ3v) is 5.46. The second-order valence-electron chi connectivity index (χ2n) is 8.77. The van der Waals surface area contributed by atoms with Gasteiger partial charge in [-0.05, 0) is 46.6 Å². The lowest BCUT2D eigenvalue weighted by Gasteiger charge is -2.35. The third-order valence-electron chi connectivity index (χ3n) is 5.46. The highest BCUT2D eigenvalue weighted by atomic mass is 19.4. The van der Waals surface area contributed by atoms with Crippen molar-refractivity contribution < 1.29 is 32.5 Å². The maximum atomic E-state index is 10.6. The molecule has 12 heteroatoms. The summed E-state index contributed by atoms with van der Waals surface area (Å²) in [6.45, 7) is 10.9. The fraction of sp³-hybridized carbons (Fsp3) is 0.609. The van der Waals surface area contributed by atoms with Crippen molar-refractivity contribution in [1.82, 2.24) is 14.9 Å². The molecule has 1 aliphatic heterocycles. The van der Waals surface area contributed by atoms with Crippen LogP contribution in [0.15, 0.2) is 12.1 Å². The van der Waals surface area contributed by atoms with Crippen LogP contribution < -0.4 is 20.1 Å². The first-order valence-electron chi connectivity index (χ1n) is 11.4. The molecule has 3 N–H and O–H groups in total. The Morgan fingerprint density at radius 2 is 1.63 bits per heavy atom. The zero-order chi connectivity index (χ0) is 26.3. The number of alkyl halides is 3. The lowest BCUT2D eigenvalue weighted by atomic mass is 10.0. The number of benzene rings is 1. The van der Waals surface area contributed by atoms with Crippen molar-refractivity contribution in [2.75, 3.05) is 37.9 Å². The Kier molecular flexibility index (Phi) is 9.75. The molecular weight excluding hydrogens is 467 g/mol. The number of carboxylic acid groups (broad SMARTS) is 1. The van der Waals surface area contributed by atoms with Crippen LogP contribution in [0.5, 0.6) is 11.5 Å². The summed E-state index contributed by atoms with van der Waals surface area (Å²) in [5.41, 5.74) is 0.831. The van der Waals surface area contributed by atoms with Gasteiger partial charge in [0.1, 0.15) is 5.82 Å². The number of piperidine rings is 1. The van der Waals surface area contributed by atoms with Crippen LogP contribution in [-0.4, -0.2) is 77.6 Å². The lowest BCUT2D eigenvalue weighted by molar-refractivity contribution is -0.192. The van der Waals surface area contributed by atoms with E-state index in [0.29, 0.717) is 29.5 Å². The molecular formula is C23H34F3N5O4. The molecule has 1 aliphatic rings. The van der Waals surface area contributed by atoms with Crippen molar-refractivity contribution in [2.24, 2.45) is 0 Å². The number of fused-ring (bicyclic) bond motifs is 1. The normalized spacial score (nSPS) is 15.1. The van der Waals surface area contributed by atoms with Crippen LogP contribution in [0.25, 0.3) is 10.9 Å². The molecule has 1 aromatic heterocycles. The number of hydrogen-bond donors (Lipinski definition) is 3. The molecule has 0 saturated carbocycles. The van der Waals surface area contributed by atoms with Gasteiger partial charge in [-0.25, -0.2) is 9.78 Å². The molecule has 2 aromatic rings. The van der Waals surface area contributed by atoms with Gasteiger partial charge in [-0.2, -0.15) is 18.2 Å². The molecule has 0 unspecified atom stereocenters. The van der Waals surface area contributed by atoms with Gasteiger partial charge in [-0.15, -0.1) is 0 Å². The fourth-order valence-corrected chi connectivity index (χ4v) is 3.64. The average Bonchev–Trinajstić information content (AvgIpc) is 2.78. The van der Waals surface area contributed by atoms with Crippen LogP contribution >= 0.6 is 0 Å². The van der Waals surface area contributed by atoms with Gasteiger partial charge >= 0.3 is 12.1 Å². The molecule has 9 nitrogen and oxygen atoms in total. The van der Waals surface area contributed by atoms with Gasteiger partial charge in [0, 0.05) is 42.7 Å². The van der Waals surface area contributed by atoms with Crippen molar-refractivity contribution in [3.63, 3.8) is 0 Å². The molecule has 0 bridgehead atoms. The average molecular weight is 502 g/mol. The van der Waals surface area contributed by atoms with Gasteiger partial charge in [0.05, 0.1) is 19.7 Å². The van der Waals surface area contributed by atoms with Crippen molar-refractivity contribution in [3.05, 3.63) is 12.1 Å². The molecule has 2 heterocycles. The Bertz CT molecular complexity index is 993. The van der Waals surface area contributed by atoms with E-state index in [1.807, 2.05) is 12.1 Å². The number of carbonyl (C=O) groups is 1. The minimum absolute atomic E-state index is 0.250. The van der Waals surface area contributed by atoms with Gasteiger partial charge in [0.2, 0.25) is 5.95 Å². The Balaban J connectivity index is 0.000000540. The summed E-state index contributed by atoms with van der Waals surface area (Å²) < 4.78 is 42.7. The highest BCUT2D eigenvalue weighted by Gasteiger charge is 2.38. The number of ether oxygens (including phenoxy) is 2. The fourth-order valence-electron chi connectivity index (χ4n) is 3.64. The highest BCUT2D eigenvalue weighted by Crippen LogP contribution is 2.35. The largest absolute Gasteiger partial charge is 0.493 e. The number of anilines is 2. The number of rotatable bonds is 7. The maximum absolute atomic E-state index is 10.6. The second-order valence-corrected chi connectivity index (χ2v) is 8.77. The van der Waals surface area contributed by atoms with Gasteiger partial charge in [0.15, 0.2) is 11.5 Å². The number of nitrogens with one attached hydrogen (secondary N) is 2. The van der Waals surface area contributed by atoms with Gasteiger partial charge in [-0.1, -0.05) is 0 Å². The van der Waals surface area contributed by atoms with Crippen molar-refractivity contribution in [1.29, 1.82) is 0 Å². The summed E-state index contributed by atoms with van der Waals surface area (Å²) >= 11 is 0. The molecule has 35 heavy (non-hydrogen) atoms. The first-order valence-corrected chi connectivity index (χ1v) is 11.4. The first-order chi connectivity index (χ1) is 16.3. The van der Waals surface area contributed by atoms with Crippen molar-refractivity contribution in [2.45, 2.75) is 64.8 Å². The topological polar surface area (TPSA) is 109 Å². The van der Waals surface area contributed by atoms with E-state index in [2.05, 4.69) is 48.2 Å². The number of hydrogen-bond acceptors (Lipinski definition) is 8. The molecule has 0 amide bonds. The number of halogens is 3. The number of aliphatic carboxylic acids is 1. The molecule has 0 aliphatic carbocycles. The molecule has 0 atom stereocenters. The summed E-state index contributed by atoms with van der Waals surface area (Å²) in [6, 6.07) is 5.11. The zero-order valence-electron chi connectivity index (χ0n) is 20.9. The Labute approximate surface area is 203 Å². The van der Waals surface area contributed by atoms with Crippen LogP contribution in [0.2, 0.25) is 0 Å². The predicted molar refractivity (Wildman–Crippen MR) is 128 cm³/mol. The minimum atomic E-state index is -5.08. The van der Waals surface area contributed by atoms with Crippen LogP contribution in [-0.2, 0) is 4.79 Å². The second kappa shape index (κ2) is 12.1. The van der Waals surface area contributed by atoms with E-state index in [4.69, 9.17) is 24.4 Å². The Hall–Kier alpha value is -3.02. The smallest absolute Gasteiger partial charge is 0.490 e. The van der Waals surface area contributed by atoms with Gasteiger partial charge < -0.3 is 30.1 Å². The Morgan fingerprint density at radius 3 is 2.09 bits per heavy atom. The SMILES string of the molecule is COc1cc2nc(NC(C)C)nc(NC3CCN(C(C)C)CC3)c2cc1OC.O=C(O)C(F)(F)F. The monoisotopic (exact) mass is 501 g/mol. The number of aromatic nitrogens is 2. The summed E-state index contributed by atoms with van der Waals surface area (Å²) in [5.74, 6) is 0.0580. The van der Waals surface area contributed by atoms with Crippen LogP contribution in [0.1, 0.15) is 40.5 Å². The maximum Gasteiger partial charge on any atom is 0.490 e. The number of carboxylic acids is 1. The molecule has 0 radical (unpaired) electrons. The summed E-state index contributed by atoms with van der Waals surface area (Å²) in [5, 5.41) is 15.1. The molecule has 0 spiro atoms. The van der Waals surface area contributed by atoms with Gasteiger partial charge in [0.25, 0.3) is 0 Å². The summed E-state index contributed by atoms with van der Waals surface area (Å²) in [4.78, 5) is 20.9. The quantitative estimate of drug-likeness (QED) is 0.509. The zero-order valence-corrected chi connectivity index (χ0v) is 20.9. The van der Waals surface area contributed by atoms with E-state index < -0.39 is 12.1 Å². The number of methoxy groups -OCH3 is 2. The minimum Gasteiger partial charge on any atom is -0.493 e. The lowest BCUT2D eigenvalue weighted by Crippen LogP contribution is -2.42. The van der Waals surface area contributed by atoms with Gasteiger partial charge in [-0.3, -0.25) is 0 Å². The van der Waals surface area contributed by atoms with Crippen LogP contribution in [0, 0.1) is 0 Å². The van der Waals surface area contributed by atoms with Crippen LogP contribution in [0.4, 0.5) is 24.9 Å². The molecule has 3 rings (SSSR count). The summed E-state index contributed by atoms with van der Waals surface area (Å²) in [6.07, 6.45) is -2.88. The standard InChI is InChI=1S/C21H33N5O2.C2HF3O2/c1-13(2)22-21-24-17-12-19(28-6)18(27-5)11-16(17)20(25-21)23-15-7-9-26(10-8-15)14(3)4;3-2(4,5)1(6)7/h11-15H,7-10H2,1-6H3,(H2,22,23,24,25);(H,6,7). The molecule has 1 saturated heterocycles. The van der Waals surface area contributed by atoms with E-state index in [-0.39, 0.29) is 6.04 Å². The first kappa shape index (κ1) is 28.2. The van der Waals surface area contributed by atoms with E-state index in [9.17, 15) is 13.2 Å². The third kappa shape index (κ3) is 8.01. The molecule has 196 valence electrons. The van der Waals surface area contributed by atoms with E-state index in [0.717, 1.165) is 42.7 Å². The molecule has 1 aromatic carbocycles.